The molecule has 0 saturated carbocycles. The number of thiol groups is 1. The largest absolute Gasteiger partial charge is 0.491 e. The van der Waals surface area contributed by atoms with Gasteiger partial charge in [0.2, 0.25) is 17.6 Å². The van der Waals surface area contributed by atoms with Crippen LogP contribution >= 0.6 is 35.8 Å². The van der Waals surface area contributed by atoms with Crippen molar-refractivity contribution in [3.05, 3.63) is 112 Å². The molecule has 370 valence electrons. The number of nitrogens with zero attached hydrogens (tertiary/aromatic N) is 8. The fourth-order valence-electron chi connectivity index (χ4n) is 7.40. The monoisotopic (exact) mass is 1010 g/mol. The molecule has 24 heteroatoms. The summed E-state index contributed by atoms with van der Waals surface area (Å²) in [7, 11) is 0. The van der Waals surface area contributed by atoms with Crippen LogP contribution < -0.4 is 36.6 Å². The maximum absolute atomic E-state index is 12.8. The van der Waals surface area contributed by atoms with Crippen molar-refractivity contribution in [3.63, 3.8) is 0 Å². The van der Waals surface area contributed by atoms with Crippen molar-refractivity contribution in [1.82, 2.24) is 39.7 Å². The van der Waals surface area contributed by atoms with Gasteiger partial charge in [0, 0.05) is 60.3 Å². The summed E-state index contributed by atoms with van der Waals surface area (Å²) in [4.78, 5) is 65.3. The van der Waals surface area contributed by atoms with Crippen molar-refractivity contribution in [2.75, 3.05) is 61.5 Å². The zero-order chi connectivity index (χ0) is 49.7. The number of hydrogen-bond donors (Lipinski definition) is 6. The van der Waals surface area contributed by atoms with E-state index < -0.39 is 48.2 Å². The maximum Gasteiger partial charge on any atom is 0.350 e. The summed E-state index contributed by atoms with van der Waals surface area (Å²) in [5.41, 5.74) is 8.87. The third-order valence-electron chi connectivity index (χ3n) is 11.4. The van der Waals surface area contributed by atoms with E-state index in [2.05, 4.69) is 72.5 Å². The van der Waals surface area contributed by atoms with E-state index in [0.29, 0.717) is 28.8 Å². The Morgan fingerprint density at radius 2 is 1.61 bits per heavy atom. The molecule has 2 aliphatic rings. The minimum absolute atomic E-state index is 0.0256. The van der Waals surface area contributed by atoms with Crippen LogP contribution in [0.2, 0.25) is 10.0 Å². The van der Waals surface area contributed by atoms with Gasteiger partial charge in [-0.3, -0.25) is 19.2 Å². The average molecular weight is 1010 g/mol. The SMILES string of the molecule is CCC(C)n1ncn(-c2ccc(N3CCN(c4ccc(OC[C@H]5CO[C@](Cn6cncn6)(c6ccc(Cl)cc6Cl)O5)cc4)CC3)cc2)c1=O.N[C@@H](CCC(=O)N[C@@H](CS)C(=O)NCC(=O)O)C(=O)O. The van der Waals surface area contributed by atoms with Crippen LogP contribution in [0.1, 0.15) is 44.7 Å². The van der Waals surface area contributed by atoms with Gasteiger partial charge in [-0.15, -0.1) is 0 Å². The second-order valence-corrected chi connectivity index (χ2v) is 17.4. The van der Waals surface area contributed by atoms with E-state index in [-0.39, 0.29) is 43.0 Å². The van der Waals surface area contributed by atoms with Gasteiger partial charge in [0.1, 0.15) is 62.6 Å². The lowest BCUT2D eigenvalue weighted by Gasteiger charge is -2.37. The van der Waals surface area contributed by atoms with Crippen LogP contribution in [0, 0.1) is 0 Å². The number of hydrogen-bond acceptors (Lipinski definition) is 15. The van der Waals surface area contributed by atoms with E-state index >= 15 is 0 Å². The molecular weight excluding hydrogens is 958 g/mol. The van der Waals surface area contributed by atoms with Gasteiger partial charge in [-0.2, -0.15) is 22.8 Å². The van der Waals surface area contributed by atoms with Crippen LogP contribution in [0.25, 0.3) is 5.69 Å². The topological polar surface area (TPSA) is 264 Å². The number of anilines is 2. The van der Waals surface area contributed by atoms with Gasteiger partial charge in [-0.1, -0.05) is 36.2 Å². The number of nitrogens with two attached hydrogens (primary N) is 1. The normalized spacial score (nSPS) is 18.1. The van der Waals surface area contributed by atoms with Crippen molar-refractivity contribution in [3.8, 4) is 11.4 Å². The summed E-state index contributed by atoms with van der Waals surface area (Å²) in [6, 6.07) is 19.4. The number of aliphatic carboxylic acids is 2. The van der Waals surface area contributed by atoms with Crippen LogP contribution in [0.15, 0.2) is 90.5 Å². The second kappa shape index (κ2) is 24.4. The molecular formula is C45H55Cl2N11O10S. The number of carbonyl (C=O) groups is 4. The zero-order valence-corrected chi connectivity index (χ0v) is 40.3. The highest BCUT2D eigenvalue weighted by atomic mass is 35.5. The number of ether oxygens (including phenoxy) is 3. The van der Waals surface area contributed by atoms with Crippen LogP contribution in [0.4, 0.5) is 11.4 Å². The molecule has 6 N–H and O–H groups in total. The number of carboxylic acid groups (broad SMARTS) is 2. The summed E-state index contributed by atoms with van der Waals surface area (Å²) in [6.07, 6.45) is 4.95. The molecule has 3 aromatic carbocycles. The van der Waals surface area contributed by atoms with E-state index in [1.54, 1.807) is 34.0 Å². The lowest BCUT2D eigenvalue weighted by atomic mass is 10.1. The number of carbonyl (C=O) groups excluding carboxylic acids is 2. The highest BCUT2D eigenvalue weighted by Crippen LogP contribution is 2.40. The number of rotatable bonds is 20. The second-order valence-electron chi connectivity index (χ2n) is 16.2. The summed E-state index contributed by atoms with van der Waals surface area (Å²) < 4.78 is 23.7. The van der Waals surface area contributed by atoms with E-state index in [0.717, 1.165) is 55.4 Å². The number of benzene rings is 3. The first-order chi connectivity index (χ1) is 33.1. The minimum Gasteiger partial charge on any atom is -0.491 e. The first-order valence-corrected chi connectivity index (χ1v) is 23.5. The maximum atomic E-state index is 12.8. The molecule has 69 heavy (non-hydrogen) atoms. The highest BCUT2D eigenvalue weighted by molar-refractivity contribution is 7.80. The first kappa shape index (κ1) is 52.2. The number of piperazine rings is 1. The Bertz CT molecular complexity index is 2560. The molecule has 5 atom stereocenters. The molecule has 21 nitrogen and oxygen atoms in total. The lowest BCUT2D eigenvalue weighted by Crippen LogP contribution is -2.49. The number of aromatic nitrogens is 6. The summed E-state index contributed by atoms with van der Waals surface area (Å²) in [6.45, 7) is 7.91. The van der Waals surface area contributed by atoms with Crippen LogP contribution in [-0.2, 0) is 41.0 Å². The van der Waals surface area contributed by atoms with Crippen LogP contribution in [-0.4, -0.2) is 133 Å². The summed E-state index contributed by atoms with van der Waals surface area (Å²) >= 11 is 16.6. The molecule has 4 heterocycles. The molecule has 7 rings (SSSR count). The minimum atomic E-state index is -1.22. The van der Waals surface area contributed by atoms with Gasteiger partial charge < -0.3 is 50.6 Å². The molecule has 2 saturated heterocycles. The molecule has 2 aliphatic heterocycles. The standard InChI is InChI=1S/C35H38Cl2N8O4.C10H17N3O6S/c1-3-25(2)45-34(46)44(24-40-45)29-7-5-27(6-8-29)41-14-16-42(17-15-41)28-9-11-30(12-10-28)47-19-31-20-48-35(49-31,21-43-23-38-22-39-43)32-13-4-26(36)18-33(32)37;11-5(10(18)19)1-2-7(14)13-6(4-20)9(17)12-3-8(15)16/h4-13,18,22-25,31H,3,14-17,19-21H2,1-2H3;5-6,20H,1-4,11H2,(H,12,17)(H,13,14)(H,15,16)(H,18,19)/t25?,31-,35-;5-,6-/m00/s1. The first-order valence-electron chi connectivity index (χ1n) is 22.1. The van der Waals surface area contributed by atoms with Gasteiger partial charge in [0.25, 0.3) is 0 Å². The third kappa shape index (κ3) is 14.0. The summed E-state index contributed by atoms with van der Waals surface area (Å²) in [5, 5.41) is 30.9. The van der Waals surface area contributed by atoms with Gasteiger partial charge >= 0.3 is 17.6 Å². The predicted molar refractivity (Wildman–Crippen MR) is 259 cm³/mol. The Kier molecular flexibility index (Phi) is 18.5. The zero-order valence-electron chi connectivity index (χ0n) is 37.9. The number of halogens is 2. The number of amides is 2. The molecule has 2 aromatic heterocycles. The van der Waals surface area contributed by atoms with Crippen molar-refractivity contribution in [2.24, 2.45) is 5.73 Å². The van der Waals surface area contributed by atoms with E-state index in [1.807, 2.05) is 44.2 Å². The molecule has 1 unspecified atom stereocenters. The van der Waals surface area contributed by atoms with Crippen LogP contribution in [0.3, 0.4) is 0 Å². The molecule has 5 aromatic rings. The quantitative estimate of drug-likeness (QED) is 0.0611. The van der Waals surface area contributed by atoms with Crippen molar-refractivity contribution in [1.29, 1.82) is 0 Å². The summed E-state index contributed by atoms with van der Waals surface area (Å²) in [5.74, 6) is -4.11. The molecule has 2 amide bonds. The van der Waals surface area contributed by atoms with Crippen molar-refractivity contribution >= 4 is 71.0 Å². The van der Waals surface area contributed by atoms with Gasteiger partial charge in [0.05, 0.1) is 23.4 Å². The molecule has 0 spiro atoms. The molecule has 0 radical (unpaired) electrons. The van der Waals surface area contributed by atoms with Crippen LogP contribution in [0.5, 0.6) is 5.75 Å². The number of carboxylic acids is 2. The molecule has 0 aliphatic carbocycles. The smallest absolute Gasteiger partial charge is 0.350 e. The van der Waals surface area contributed by atoms with E-state index in [4.69, 9.17) is 53.4 Å². The van der Waals surface area contributed by atoms with Gasteiger partial charge in [0.15, 0.2) is 0 Å². The Morgan fingerprint density at radius 3 is 2.19 bits per heavy atom. The number of nitrogens with one attached hydrogen (secondary N) is 2. The van der Waals surface area contributed by atoms with Gasteiger partial charge in [-0.25, -0.2) is 23.7 Å². The fraction of sp³-hybridized carbons (Fsp3) is 0.422. The van der Waals surface area contributed by atoms with Gasteiger partial charge in [-0.05, 0) is 80.4 Å². The van der Waals surface area contributed by atoms with Crippen molar-refractivity contribution in [2.45, 2.75) is 69.7 Å². The van der Waals surface area contributed by atoms with E-state index in [9.17, 15) is 24.0 Å². The Morgan fingerprint density at radius 1 is 0.957 bits per heavy atom. The van der Waals surface area contributed by atoms with E-state index in [1.165, 1.54) is 11.0 Å². The Labute approximate surface area is 412 Å². The highest BCUT2D eigenvalue weighted by Gasteiger charge is 2.45. The molecule has 2 fully saturated rings. The fourth-order valence-corrected chi connectivity index (χ4v) is 8.21. The Balaban J connectivity index is 0.000000332. The third-order valence-corrected chi connectivity index (χ3v) is 12.3. The predicted octanol–water partition coefficient (Wildman–Crippen LogP) is 3.37. The Hall–Kier alpha value is -6.17. The average Bonchev–Trinajstić information content (AvgIpc) is 4.12. The molecule has 0 bridgehead atoms. The van der Waals surface area contributed by atoms with Crippen molar-refractivity contribution < 1.29 is 43.6 Å². The lowest BCUT2D eigenvalue weighted by molar-refractivity contribution is -0.190.